The molecule has 10 heteroatoms. The zero-order valence-corrected chi connectivity index (χ0v) is 19.2. The van der Waals surface area contributed by atoms with E-state index in [1.54, 1.807) is 17.9 Å². The summed E-state index contributed by atoms with van der Waals surface area (Å²) >= 11 is 2.93. The van der Waals surface area contributed by atoms with E-state index in [9.17, 15) is 19.7 Å². The fourth-order valence-corrected chi connectivity index (χ4v) is 6.33. The van der Waals surface area contributed by atoms with E-state index in [1.807, 2.05) is 24.3 Å². The SMILES string of the molecule is CC(=O)N1CCc2c(sc(NC(=O)c3ccccc3[N+](=O)[O-])c2-c2nc3ccccc3s2)C1. The van der Waals surface area contributed by atoms with E-state index >= 15 is 0 Å². The lowest BCUT2D eigenvalue weighted by Gasteiger charge is -2.26. The molecule has 0 fully saturated rings. The van der Waals surface area contributed by atoms with Crippen molar-refractivity contribution in [2.24, 2.45) is 0 Å². The molecule has 2 aromatic carbocycles. The van der Waals surface area contributed by atoms with Crippen LogP contribution >= 0.6 is 22.7 Å². The van der Waals surface area contributed by atoms with Gasteiger partial charge in [0.05, 0.1) is 21.7 Å². The smallest absolute Gasteiger partial charge is 0.282 e. The number of rotatable bonds is 4. The van der Waals surface area contributed by atoms with E-state index in [4.69, 9.17) is 4.98 Å². The Balaban J connectivity index is 1.60. The first-order chi connectivity index (χ1) is 15.9. The summed E-state index contributed by atoms with van der Waals surface area (Å²) in [6, 6.07) is 13.7. The number of nitro groups is 1. The Hall–Kier alpha value is -3.63. The molecule has 33 heavy (non-hydrogen) atoms. The van der Waals surface area contributed by atoms with Gasteiger partial charge in [0, 0.05) is 30.0 Å². The lowest BCUT2D eigenvalue weighted by molar-refractivity contribution is -0.385. The molecule has 4 aromatic rings. The van der Waals surface area contributed by atoms with Crippen LogP contribution in [0.25, 0.3) is 20.8 Å². The fourth-order valence-electron chi connectivity index (χ4n) is 3.96. The molecule has 1 aliphatic heterocycles. The van der Waals surface area contributed by atoms with Gasteiger partial charge < -0.3 is 10.2 Å². The minimum absolute atomic E-state index is 0.00100. The maximum absolute atomic E-state index is 13.1. The van der Waals surface area contributed by atoms with Gasteiger partial charge in [-0.1, -0.05) is 24.3 Å². The maximum atomic E-state index is 13.1. The van der Waals surface area contributed by atoms with Crippen LogP contribution in [0.3, 0.4) is 0 Å². The van der Waals surface area contributed by atoms with Gasteiger partial charge in [-0.15, -0.1) is 22.7 Å². The molecule has 0 bridgehead atoms. The summed E-state index contributed by atoms with van der Waals surface area (Å²) in [5.74, 6) is -0.548. The Labute approximate surface area is 196 Å². The van der Waals surface area contributed by atoms with Gasteiger partial charge in [-0.25, -0.2) is 4.98 Å². The number of carbonyl (C=O) groups excluding carboxylic acids is 2. The normalized spacial score (nSPS) is 13.1. The molecule has 0 saturated carbocycles. The first kappa shape index (κ1) is 21.2. The summed E-state index contributed by atoms with van der Waals surface area (Å²) in [5.41, 5.74) is 2.52. The molecule has 1 aliphatic rings. The van der Waals surface area contributed by atoms with Crippen molar-refractivity contribution >= 4 is 55.4 Å². The number of hydrogen-bond acceptors (Lipinski definition) is 7. The Morgan fingerprint density at radius 3 is 2.64 bits per heavy atom. The Kier molecular flexibility index (Phi) is 5.39. The quantitative estimate of drug-likeness (QED) is 0.325. The van der Waals surface area contributed by atoms with E-state index in [1.165, 1.54) is 40.9 Å². The minimum atomic E-state index is -0.562. The molecule has 2 aromatic heterocycles. The molecule has 0 aliphatic carbocycles. The van der Waals surface area contributed by atoms with Crippen LogP contribution in [0.5, 0.6) is 0 Å². The molecule has 3 heterocycles. The van der Waals surface area contributed by atoms with E-state index in [0.29, 0.717) is 24.5 Å². The molecule has 8 nitrogen and oxygen atoms in total. The number of fused-ring (bicyclic) bond motifs is 2. The van der Waals surface area contributed by atoms with Gasteiger partial charge in [0.2, 0.25) is 5.91 Å². The van der Waals surface area contributed by atoms with E-state index in [-0.39, 0.29) is 17.2 Å². The third kappa shape index (κ3) is 3.87. The van der Waals surface area contributed by atoms with Crippen molar-refractivity contribution in [3.63, 3.8) is 0 Å². The number of nitrogens with zero attached hydrogens (tertiary/aromatic N) is 3. The summed E-state index contributed by atoms with van der Waals surface area (Å²) in [6.45, 7) is 2.60. The van der Waals surface area contributed by atoms with Crippen molar-refractivity contribution in [3.05, 3.63) is 74.6 Å². The van der Waals surface area contributed by atoms with Gasteiger partial charge in [0.25, 0.3) is 11.6 Å². The van der Waals surface area contributed by atoms with Crippen molar-refractivity contribution in [2.45, 2.75) is 19.9 Å². The molecular formula is C23H18N4O4S2. The topological polar surface area (TPSA) is 105 Å². The van der Waals surface area contributed by atoms with Crippen molar-refractivity contribution in [1.29, 1.82) is 0 Å². The highest BCUT2D eigenvalue weighted by Crippen LogP contribution is 2.46. The zero-order valence-electron chi connectivity index (χ0n) is 17.5. The molecule has 0 saturated heterocycles. The predicted molar refractivity (Wildman–Crippen MR) is 129 cm³/mol. The third-order valence-electron chi connectivity index (χ3n) is 5.58. The zero-order chi connectivity index (χ0) is 23.1. The summed E-state index contributed by atoms with van der Waals surface area (Å²) in [6.07, 6.45) is 0.651. The monoisotopic (exact) mass is 478 g/mol. The van der Waals surface area contributed by atoms with Crippen molar-refractivity contribution in [3.8, 4) is 10.6 Å². The first-order valence-electron chi connectivity index (χ1n) is 10.2. The van der Waals surface area contributed by atoms with Gasteiger partial charge in [-0.3, -0.25) is 19.7 Å². The standard InChI is InChI=1S/C23H18N4O4S2/c1-13(28)26-11-10-15-19(12-26)33-23(20(15)22-24-16-7-3-5-9-18(16)32-22)25-21(29)14-6-2-4-8-17(14)27(30)31/h2-9H,10-12H2,1H3,(H,25,29). The molecule has 1 N–H and O–H groups in total. The van der Waals surface area contributed by atoms with Crippen LogP contribution in [0.1, 0.15) is 27.7 Å². The van der Waals surface area contributed by atoms with Crippen LogP contribution in [0, 0.1) is 10.1 Å². The van der Waals surface area contributed by atoms with Gasteiger partial charge in [0.15, 0.2) is 0 Å². The average Bonchev–Trinajstić information content (AvgIpc) is 3.38. The molecule has 0 radical (unpaired) electrons. The fraction of sp³-hybridized carbons (Fsp3) is 0.174. The Morgan fingerprint density at radius 2 is 1.88 bits per heavy atom. The van der Waals surface area contributed by atoms with Crippen LogP contribution in [0.2, 0.25) is 0 Å². The van der Waals surface area contributed by atoms with Crippen LogP contribution in [0.4, 0.5) is 10.7 Å². The van der Waals surface area contributed by atoms with Crippen molar-refractivity contribution < 1.29 is 14.5 Å². The number of carbonyl (C=O) groups is 2. The first-order valence-corrected chi connectivity index (χ1v) is 11.9. The van der Waals surface area contributed by atoms with Crippen molar-refractivity contribution in [1.82, 2.24) is 9.88 Å². The lowest BCUT2D eigenvalue weighted by Crippen LogP contribution is -2.33. The lowest BCUT2D eigenvalue weighted by atomic mass is 10.0. The number of anilines is 1. The largest absolute Gasteiger partial charge is 0.337 e. The number of nitro benzene ring substituents is 1. The predicted octanol–water partition coefficient (Wildman–Crippen LogP) is 5.09. The number of benzene rings is 2. The Bertz CT molecular complexity index is 1390. The highest BCUT2D eigenvalue weighted by atomic mass is 32.1. The van der Waals surface area contributed by atoms with E-state index in [0.717, 1.165) is 31.2 Å². The molecule has 0 atom stereocenters. The number of aromatic nitrogens is 1. The van der Waals surface area contributed by atoms with Crippen LogP contribution in [0.15, 0.2) is 48.5 Å². The average molecular weight is 479 g/mol. The van der Waals surface area contributed by atoms with Gasteiger partial charge in [0.1, 0.15) is 15.6 Å². The van der Waals surface area contributed by atoms with Crippen molar-refractivity contribution in [2.75, 3.05) is 11.9 Å². The number of thiophene rings is 1. The van der Waals surface area contributed by atoms with E-state index < -0.39 is 10.8 Å². The highest BCUT2D eigenvalue weighted by molar-refractivity contribution is 7.23. The van der Waals surface area contributed by atoms with Crippen LogP contribution in [-0.4, -0.2) is 33.2 Å². The van der Waals surface area contributed by atoms with Gasteiger partial charge in [-0.2, -0.15) is 0 Å². The second-order valence-corrected chi connectivity index (χ2v) is 9.75. The van der Waals surface area contributed by atoms with Crippen LogP contribution < -0.4 is 5.32 Å². The number of para-hydroxylation sites is 2. The third-order valence-corrected chi connectivity index (χ3v) is 7.77. The maximum Gasteiger partial charge on any atom is 0.282 e. The Morgan fingerprint density at radius 1 is 1.12 bits per heavy atom. The molecule has 166 valence electrons. The number of hydrogen-bond donors (Lipinski definition) is 1. The van der Waals surface area contributed by atoms with Crippen LogP contribution in [-0.2, 0) is 17.8 Å². The second-order valence-electron chi connectivity index (χ2n) is 7.61. The molecule has 0 unspecified atom stereocenters. The molecular weight excluding hydrogens is 460 g/mol. The molecule has 2 amide bonds. The summed E-state index contributed by atoms with van der Waals surface area (Å²) in [4.78, 5) is 43.4. The number of amides is 2. The second kappa shape index (κ2) is 8.38. The number of nitrogens with one attached hydrogen (secondary N) is 1. The highest BCUT2D eigenvalue weighted by Gasteiger charge is 2.29. The molecule has 5 rings (SSSR count). The summed E-state index contributed by atoms with van der Waals surface area (Å²) in [7, 11) is 0. The summed E-state index contributed by atoms with van der Waals surface area (Å²) < 4.78 is 1.03. The van der Waals surface area contributed by atoms with Gasteiger partial charge in [-0.05, 0) is 30.2 Å². The molecule has 0 spiro atoms. The van der Waals surface area contributed by atoms with Gasteiger partial charge >= 0.3 is 0 Å². The number of thiazole rings is 1. The minimum Gasteiger partial charge on any atom is -0.337 e. The van der Waals surface area contributed by atoms with E-state index in [2.05, 4.69) is 5.32 Å². The summed E-state index contributed by atoms with van der Waals surface area (Å²) in [5, 5.41) is 15.7.